The molecule has 1 aromatic heterocycles. The van der Waals surface area contributed by atoms with Gasteiger partial charge in [0, 0.05) is 25.4 Å². The molecule has 1 unspecified atom stereocenters. The Balaban J connectivity index is 1.72. The average Bonchev–Trinajstić information content (AvgIpc) is 2.93. The van der Waals surface area contributed by atoms with E-state index in [1.165, 1.54) is 6.33 Å². The second-order valence-corrected chi connectivity index (χ2v) is 4.16. The summed E-state index contributed by atoms with van der Waals surface area (Å²) < 4.78 is 4.83. The monoisotopic (exact) mass is 260 g/mol. The highest BCUT2D eigenvalue weighted by Crippen LogP contribution is 2.12. The van der Waals surface area contributed by atoms with Gasteiger partial charge in [-0.2, -0.15) is 4.98 Å². The number of hydrogen-bond acceptors (Lipinski definition) is 5. The second-order valence-electron chi connectivity index (χ2n) is 4.16. The van der Waals surface area contributed by atoms with E-state index in [9.17, 15) is 4.79 Å². The lowest BCUT2D eigenvalue weighted by Gasteiger charge is -2.11. The zero-order valence-electron chi connectivity index (χ0n) is 10.5. The molecule has 19 heavy (non-hydrogen) atoms. The zero-order chi connectivity index (χ0) is 13.5. The molecule has 0 aliphatic carbocycles. The summed E-state index contributed by atoms with van der Waals surface area (Å²) >= 11 is 0. The lowest BCUT2D eigenvalue weighted by atomic mass is 10.0. The molecule has 0 bridgehead atoms. The molecule has 6 nitrogen and oxygen atoms in total. The van der Waals surface area contributed by atoms with Crippen LogP contribution in [0.25, 0.3) is 0 Å². The van der Waals surface area contributed by atoms with Crippen LogP contribution < -0.4 is 11.1 Å². The second kappa shape index (κ2) is 6.65. The molecular formula is C13H16N4O2. The molecule has 3 N–H and O–H groups in total. The molecule has 1 heterocycles. The Hall–Kier alpha value is -2.21. The molecule has 100 valence electrons. The van der Waals surface area contributed by atoms with Crippen LogP contribution in [0.15, 0.2) is 41.2 Å². The topological polar surface area (TPSA) is 94.0 Å². The largest absolute Gasteiger partial charge is 0.356 e. The van der Waals surface area contributed by atoms with E-state index in [-0.39, 0.29) is 18.4 Å². The van der Waals surface area contributed by atoms with E-state index in [0.717, 1.165) is 5.56 Å². The highest BCUT2D eigenvalue weighted by Gasteiger charge is 2.11. The summed E-state index contributed by atoms with van der Waals surface area (Å²) in [7, 11) is 0. The van der Waals surface area contributed by atoms with Crippen LogP contribution >= 0.6 is 0 Å². The van der Waals surface area contributed by atoms with E-state index >= 15 is 0 Å². The Morgan fingerprint density at radius 1 is 1.37 bits per heavy atom. The van der Waals surface area contributed by atoms with Gasteiger partial charge >= 0.3 is 0 Å². The van der Waals surface area contributed by atoms with Crippen LogP contribution in [0.3, 0.4) is 0 Å². The molecule has 0 saturated heterocycles. The average molecular weight is 260 g/mol. The summed E-state index contributed by atoms with van der Waals surface area (Å²) in [6.07, 6.45) is 2.11. The fourth-order valence-electron chi connectivity index (χ4n) is 1.70. The smallest absolute Gasteiger partial charge is 0.228 e. The van der Waals surface area contributed by atoms with E-state index < -0.39 is 0 Å². The van der Waals surface area contributed by atoms with Gasteiger partial charge in [-0.15, -0.1) is 0 Å². The summed E-state index contributed by atoms with van der Waals surface area (Å²) in [5.74, 6) is 0.420. The van der Waals surface area contributed by atoms with E-state index in [1.807, 2.05) is 30.3 Å². The highest BCUT2D eigenvalue weighted by atomic mass is 16.5. The van der Waals surface area contributed by atoms with Gasteiger partial charge in [0.25, 0.3) is 0 Å². The summed E-state index contributed by atoms with van der Waals surface area (Å²) in [6, 6.07) is 9.27. The Kier molecular flexibility index (Phi) is 4.63. The number of hydrogen-bond donors (Lipinski definition) is 2. The fraction of sp³-hybridized carbons (Fsp3) is 0.308. The summed E-state index contributed by atoms with van der Waals surface area (Å²) in [5, 5.41) is 6.26. The number of aromatic nitrogens is 2. The number of nitrogens with one attached hydrogen (secondary N) is 1. The summed E-state index contributed by atoms with van der Waals surface area (Å²) in [5.41, 5.74) is 6.91. The van der Waals surface area contributed by atoms with E-state index in [4.69, 9.17) is 10.3 Å². The summed E-state index contributed by atoms with van der Waals surface area (Å²) in [4.78, 5) is 15.6. The third-order valence-electron chi connectivity index (χ3n) is 2.70. The number of rotatable bonds is 6. The third kappa shape index (κ3) is 4.18. The molecule has 6 heteroatoms. The minimum atomic E-state index is -0.287. The van der Waals surface area contributed by atoms with Crippen LogP contribution in [-0.2, 0) is 11.2 Å². The molecule has 0 fully saturated rings. The first-order valence-corrected chi connectivity index (χ1v) is 6.08. The molecule has 0 spiro atoms. The number of benzene rings is 1. The van der Waals surface area contributed by atoms with E-state index in [0.29, 0.717) is 18.9 Å². The Morgan fingerprint density at radius 3 is 2.84 bits per heavy atom. The van der Waals surface area contributed by atoms with Crippen LogP contribution in [0.5, 0.6) is 0 Å². The van der Waals surface area contributed by atoms with Crippen LogP contribution in [0, 0.1) is 0 Å². The van der Waals surface area contributed by atoms with Crippen LogP contribution in [0.2, 0.25) is 0 Å². The molecule has 1 aromatic carbocycles. The van der Waals surface area contributed by atoms with Gasteiger partial charge in [-0.25, -0.2) is 0 Å². The Morgan fingerprint density at radius 2 is 2.16 bits per heavy atom. The van der Waals surface area contributed by atoms with Gasteiger partial charge in [0.05, 0.1) is 0 Å². The van der Waals surface area contributed by atoms with Crippen molar-refractivity contribution in [3.8, 4) is 0 Å². The van der Waals surface area contributed by atoms with Crippen molar-refractivity contribution in [3.05, 3.63) is 48.1 Å². The van der Waals surface area contributed by atoms with Crippen molar-refractivity contribution < 1.29 is 9.32 Å². The van der Waals surface area contributed by atoms with Crippen molar-refractivity contribution in [3.63, 3.8) is 0 Å². The SMILES string of the molecule is NC(CC(=O)NCCc1ncno1)c1ccccc1. The van der Waals surface area contributed by atoms with Gasteiger partial charge in [0.15, 0.2) is 6.33 Å². The molecule has 2 rings (SSSR count). The van der Waals surface area contributed by atoms with Gasteiger partial charge in [0.1, 0.15) is 0 Å². The first-order chi connectivity index (χ1) is 9.25. The van der Waals surface area contributed by atoms with Gasteiger partial charge in [-0.1, -0.05) is 35.5 Å². The van der Waals surface area contributed by atoms with Crippen molar-refractivity contribution in [1.82, 2.24) is 15.5 Å². The number of nitrogens with two attached hydrogens (primary N) is 1. The maximum absolute atomic E-state index is 11.7. The molecule has 0 aliphatic heterocycles. The first-order valence-electron chi connectivity index (χ1n) is 6.08. The maximum atomic E-state index is 11.7. The Labute approximate surface area is 111 Å². The predicted molar refractivity (Wildman–Crippen MR) is 69.0 cm³/mol. The molecule has 0 saturated carbocycles. The van der Waals surface area contributed by atoms with Crippen molar-refractivity contribution in [2.24, 2.45) is 5.73 Å². The van der Waals surface area contributed by atoms with Crippen LogP contribution in [0.1, 0.15) is 23.9 Å². The van der Waals surface area contributed by atoms with Gasteiger partial charge in [0.2, 0.25) is 11.8 Å². The van der Waals surface area contributed by atoms with Gasteiger partial charge < -0.3 is 15.6 Å². The van der Waals surface area contributed by atoms with Crippen LogP contribution in [0.4, 0.5) is 0 Å². The number of carbonyl (C=O) groups excluding carboxylic acids is 1. The fourth-order valence-corrected chi connectivity index (χ4v) is 1.70. The summed E-state index contributed by atoms with van der Waals surface area (Å²) in [6.45, 7) is 0.461. The van der Waals surface area contributed by atoms with Crippen molar-refractivity contribution in [2.45, 2.75) is 18.9 Å². The van der Waals surface area contributed by atoms with Crippen LogP contribution in [-0.4, -0.2) is 22.6 Å². The molecule has 0 radical (unpaired) electrons. The van der Waals surface area contributed by atoms with Crippen molar-refractivity contribution in [2.75, 3.05) is 6.54 Å². The van der Waals surface area contributed by atoms with Gasteiger partial charge in [-0.3, -0.25) is 4.79 Å². The molecule has 1 atom stereocenters. The predicted octanol–water partition coefficient (Wildman–Crippen LogP) is 0.818. The lowest BCUT2D eigenvalue weighted by molar-refractivity contribution is -0.121. The van der Waals surface area contributed by atoms with E-state index in [1.54, 1.807) is 0 Å². The first kappa shape index (κ1) is 13.2. The molecule has 2 aromatic rings. The molecule has 0 aliphatic rings. The maximum Gasteiger partial charge on any atom is 0.228 e. The standard InChI is InChI=1S/C13H16N4O2/c14-11(10-4-2-1-3-5-10)8-12(18)15-7-6-13-16-9-17-19-13/h1-5,9,11H,6-8,14H2,(H,15,18). The van der Waals surface area contributed by atoms with Crippen molar-refractivity contribution in [1.29, 1.82) is 0 Å². The van der Waals surface area contributed by atoms with Crippen molar-refractivity contribution >= 4 is 5.91 Å². The normalized spacial score (nSPS) is 12.1. The highest BCUT2D eigenvalue weighted by molar-refractivity contribution is 5.76. The van der Waals surface area contributed by atoms with Gasteiger partial charge in [-0.05, 0) is 5.56 Å². The zero-order valence-corrected chi connectivity index (χ0v) is 10.5. The molecule has 1 amide bonds. The number of nitrogens with zero attached hydrogens (tertiary/aromatic N) is 2. The minimum absolute atomic E-state index is 0.0872. The Bertz CT molecular complexity index is 499. The van der Waals surface area contributed by atoms with E-state index in [2.05, 4.69) is 15.5 Å². The number of carbonyl (C=O) groups is 1. The third-order valence-corrected chi connectivity index (χ3v) is 2.70. The quantitative estimate of drug-likeness (QED) is 0.801. The lowest BCUT2D eigenvalue weighted by Crippen LogP contribution is -2.29. The minimum Gasteiger partial charge on any atom is -0.356 e. The molecular weight excluding hydrogens is 244 g/mol. The number of amides is 1.